The molecule has 0 unspecified atom stereocenters. The summed E-state index contributed by atoms with van der Waals surface area (Å²) in [5, 5.41) is 25.4. The number of benzene rings is 2. The van der Waals surface area contributed by atoms with E-state index in [-0.39, 0.29) is 42.8 Å². The number of hydrogen-bond acceptors (Lipinski definition) is 11. The number of rotatable bonds is 15. The maximum absolute atomic E-state index is 12.3. The number of hydrogen-bond donors (Lipinski definition) is 4. The molecular formula is C43H61N7O9. The van der Waals surface area contributed by atoms with Gasteiger partial charge in [-0.1, -0.05) is 48.5 Å². The Balaban J connectivity index is 0.000000317. The first kappa shape index (κ1) is 47.8. The topological polar surface area (TPSA) is 199 Å². The molecule has 0 saturated carbocycles. The molecule has 4 rings (SSSR count). The average Bonchev–Trinajstić information content (AvgIpc) is 3.73. The average molecular weight is 820 g/mol. The number of carbonyl (C=O) groups is 4. The molecule has 2 aromatic carbocycles. The predicted octanol–water partition coefficient (Wildman–Crippen LogP) is 5.65. The van der Waals surface area contributed by atoms with Crippen LogP contribution in [-0.4, -0.2) is 109 Å². The van der Waals surface area contributed by atoms with E-state index in [1.165, 1.54) is 21.1 Å². The van der Waals surface area contributed by atoms with Crippen molar-refractivity contribution in [1.29, 1.82) is 0 Å². The van der Waals surface area contributed by atoms with Crippen LogP contribution < -0.4 is 10.6 Å². The van der Waals surface area contributed by atoms with Crippen molar-refractivity contribution in [1.82, 2.24) is 34.8 Å². The molecule has 0 radical (unpaired) electrons. The summed E-state index contributed by atoms with van der Waals surface area (Å²) in [7, 11) is 6.49. The number of amides is 3. The van der Waals surface area contributed by atoms with Crippen molar-refractivity contribution < 1.29 is 43.7 Å². The molecular weight excluding hydrogens is 759 g/mol. The zero-order valence-electron chi connectivity index (χ0n) is 36.2. The Morgan fingerprint density at radius 1 is 0.695 bits per heavy atom. The van der Waals surface area contributed by atoms with Gasteiger partial charge in [0, 0.05) is 76.9 Å². The zero-order valence-corrected chi connectivity index (χ0v) is 36.2. The monoisotopic (exact) mass is 819 g/mol. The van der Waals surface area contributed by atoms with Gasteiger partial charge in [0.1, 0.15) is 11.2 Å². The molecule has 4 aromatic rings. The van der Waals surface area contributed by atoms with Gasteiger partial charge in [0.25, 0.3) is 0 Å². The summed E-state index contributed by atoms with van der Waals surface area (Å²) in [5.74, 6) is 0.273. The van der Waals surface area contributed by atoms with Crippen LogP contribution in [0.4, 0.5) is 9.59 Å². The van der Waals surface area contributed by atoms with E-state index in [9.17, 15) is 29.4 Å². The van der Waals surface area contributed by atoms with Crippen LogP contribution in [0.2, 0.25) is 0 Å². The number of aromatic nitrogens is 4. The summed E-state index contributed by atoms with van der Waals surface area (Å²) in [6.45, 7) is 12.3. The van der Waals surface area contributed by atoms with Crippen LogP contribution in [0.25, 0.3) is 22.5 Å². The third-order valence-electron chi connectivity index (χ3n) is 8.68. The van der Waals surface area contributed by atoms with E-state index in [1.54, 1.807) is 50.2 Å². The number of aryl methyl sites for hydroxylation is 2. The number of carbonyl (C=O) groups excluding carboxylic acids is 4. The van der Waals surface area contributed by atoms with Gasteiger partial charge in [-0.2, -0.15) is 0 Å². The van der Waals surface area contributed by atoms with Crippen LogP contribution in [0.15, 0.2) is 60.9 Å². The van der Waals surface area contributed by atoms with Gasteiger partial charge in [-0.25, -0.2) is 24.6 Å². The van der Waals surface area contributed by atoms with Crippen LogP contribution in [0.1, 0.15) is 93.7 Å². The van der Waals surface area contributed by atoms with Gasteiger partial charge >= 0.3 is 18.1 Å². The minimum atomic E-state index is -0.587. The summed E-state index contributed by atoms with van der Waals surface area (Å²) < 4.78 is 14.0. The number of ketones is 1. The van der Waals surface area contributed by atoms with Gasteiger partial charge in [-0.3, -0.25) is 14.4 Å². The summed E-state index contributed by atoms with van der Waals surface area (Å²) in [5.41, 5.74) is 4.01. The Morgan fingerprint density at radius 3 is 1.39 bits per heavy atom. The molecule has 0 bridgehead atoms. The summed E-state index contributed by atoms with van der Waals surface area (Å²) in [6.07, 6.45) is 4.57. The molecule has 0 spiro atoms. The Labute approximate surface area is 346 Å². The minimum absolute atomic E-state index is 0.0275. The zero-order chi connectivity index (χ0) is 44.1. The van der Waals surface area contributed by atoms with Gasteiger partial charge in [0.05, 0.1) is 18.5 Å². The second kappa shape index (κ2) is 21.4. The number of hydroxylamine groups is 2. The van der Waals surface area contributed by atoms with E-state index in [2.05, 4.69) is 20.6 Å². The highest BCUT2D eigenvalue weighted by molar-refractivity contribution is 5.91. The number of ether oxygens (including phenoxy) is 2. The van der Waals surface area contributed by atoms with Crippen LogP contribution in [0, 0.1) is 0 Å². The molecule has 0 saturated heterocycles. The summed E-state index contributed by atoms with van der Waals surface area (Å²) in [4.78, 5) is 61.7. The lowest BCUT2D eigenvalue weighted by Crippen LogP contribution is -2.40. The first-order chi connectivity index (χ1) is 27.6. The molecule has 322 valence electrons. The lowest BCUT2D eigenvalue weighted by Gasteiger charge is -2.23. The van der Waals surface area contributed by atoms with E-state index < -0.39 is 23.4 Å². The second-order valence-corrected chi connectivity index (χ2v) is 16.2. The van der Waals surface area contributed by atoms with Crippen LogP contribution in [0.3, 0.4) is 0 Å². The van der Waals surface area contributed by atoms with Crippen molar-refractivity contribution in [2.45, 2.75) is 97.4 Å². The number of alkyl carbamates (subject to hydrolysis) is 2. The first-order valence-corrected chi connectivity index (χ1v) is 19.4. The van der Waals surface area contributed by atoms with Gasteiger partial charge in [-0.05, 0) is 78.4 Å². The molecule has 2 heterocycles. The lowest BCUT2D eigenvalue weighted by molar-refractivity contribution is -0.0766. The van der Waals surface area contributed by atoms with Crippen molar-refractivity contribution in [3.63, 3.8) is 0 Å². The standard InChI is InChI=1S/C22H32N4O5.C21H29N3O4/c1-22(2,3)31-21(29)23-17(11-12-27)13-15-7-9-16(10-8-15)18-14-25(4)19(24-18)20(28)26(5)30-6;1-14(26)19-23-18(13-24(19)5)16-8-6-15(7-9-16)12-17(10-11-25)22-20(27)28-21(2,3)4/h7-10,14,17,27H,11-13H2,1-6H3,(H,23,29);6-9,13,17,25H,10-12H2,1-5H3,(H,22,27)/t2*17-/m11/s1. The fourth-order valence-electron chi connectivity index (χ4n) is 5.86. The fourth-order valence-corrected chi connectivity index (χ4v) is 5.86. The number of nitrogens with one attached hydrogen (secondary N) is 2. The van der Waals surface area contributed by atoms with E-state index in [0.717, 1.165) is 33.0 Å². The molecule has 3 amide bonds. The molecule has 2 aromatic heterocycles. The highest BCUT2D eigenvalue weighted by atomic mass is 16.7. The quantitative estimate of drug-likeness (QED) is 0.0854. The molecule has 4 N–H and O–H groups in total. The molecule has 0 aliphatic carbocycles. The molecule has 16 heteroatoms. The molecule has 0 fully saturated rings. The fraction of sp³-hybridized carbons (Fsp3) is 0.488. The van der Waals surface area contributed by atoms with Crippen molar-refractivity contribution in [3.8, 4) is 22.5 Å². The lowest BCUT2D eigenvalue weighted by atomic mass is 10.0. The Morgan fingerprint density at radius 2 is 1.07 bits per heavy atom. The Bertz CT molecular complexity index is 1990. The molecule has 59 heavy (non-hydrogen) atoms. The summed E-state index contributed by atoms with van der Waals surface area (Å²) in [6, 6.07) is 15.0. The maximum atomic E-state index is 12.3. The number of imidazole rings is 2. The Hall–Kier alpha value is -5.58. The minimum Gasteiger partial charge on any atom is -0.444 e. The predicted molar refractivity (Wildman–Crippen MR) is 224 cm³/mol. The van der Waals surface area contributed by atoms with Crippen LogP contribution in [0.5, 0.6) is 0 Å². The SMILES string of the molecule is CC(=O)c1nc(-c2ccc(C[C@@H](CCO)NC(=O)OC(C)(C)C)cc2)cn1C.CON(C)C(=O)c1nc(-c2ccc(C[C@@H](CCO)NC(=O)OC(C)(C)C)cc2)cn1C. The normalized spacial score (nSPS) is 12.4. The number of aliphatic hydroxyl groups is 2. The van der Waals surface area contributed by atoms with E-state index in [1.807, 2.05) is 75.5 Å². The van der Waals surface area contributed by atoms with E-state index in [4.69, 9.17) is 14.3 Å². The smallest absolute Gasteiger partial charge is 0.407 e. The van der Waals surface area contributed by atoms with Crippen LogP contribution in [-0.2, 0) is 41.2 Å². The van der Waals surface area contributed by atoms with Gasteiger partial charge < -0.3 is 39.5 Å². The molecule has 16 nitrogen and oxygen atoms in total. The number of aliphatic hydroxyl groups excluding tert-OH is 2. The third kappa shape index (κ3) is 15.6. The van der Waals surface area contributed by atoms with Crippen molar-refractivity contribution >= 4 is 23.9 Å². The second-order valence-electron chi connectivity index (χ2n) is 16.2. The van der Waals surface area contributed by atoms with Gasteiger partial charge in [-0.15, -0.1) is 0 Å². The summed E-state index contributed by atoms with van der Waals surface area (Å²) >= 11 is 0. The Kier molecular flexibility index (Phi) is 17.4. The van der Waals surface area contributed by atoms with E-state index in [0.29, 0.717) is 37.2 Å². The third-order valence-corrected chi connectivity index (χ3v) is 8.68. The molecule has 0 aliphatic heterocycles. The first-order valence-electron chi connectivity index (χ1n) is 19.4. The maximum Gasteiger partial charge on any atom is 0.407 e. The number of nitrogens with zero attached hydrogens (tertiary/aromatic N) is 5. The van der Waals surface area contributed by atoms with Gasteiger partial charge in [0.2, 0.25) is 5.82 Å². The van der Waals surface area contributed by atoms with Crippen molar-refractivity contribution in [2.24, 2.45) is 14.1 Å². The molecule has 0 aliphatic rings. The van der Waals surface area contributed by atoms with E-state index >= 15 is 0 Å². The molecule has 2 atom stereocenters. The van der Waals surface area contributed by atoms with Crippen molar-refractivity contribution in [3.05, 3.63) is 83.7 Å². The van der Waals surface area contributed by atoms with Gasteiger partial charge in [0.15, 0.2) is 11.6 Å². The largest absolute Gasteiger partial charge is 0.444 e. The highest BCUT2D eigenvalue weighted by Crippen LogP contribution is 2.22. The number of Topliss-reactive ketones (excluding diaryl/α,β-unsaturated/α-hetero) is 1. The van der Waals surface area contributed by atoms with Crippen molar-refractivity contribution in [2.75, 3.05) is 27.4 Å². The highest BCUT2D eigenvalue weighted by Gasteiger charge is 2.22. The van der Waals surface area contributed by atoms with Crippen LogP contribution >= 0.6 is 0 Å².